The predicted octanol–water partition coefficient (Wildman–Crippen LogP) is 2.07. The standard InChI is InChI=1S/C19H29N3O3S/c1-15-7-3-4-12-22(15)26(24,25)18-10-5-8-16(13-18)19(23)21-11-6-9-17(14-21)20-2/h5,8,10,13,15,17,20H,3-4,6-7,9,11-12,14H2,1-2H3. The number of sulfonamides is 1. The fourth-order valence-electron chi connectivity index (χ4n) is 3.93. The first kappa shape index (κ1) is 19.3. The van der Waals surface area contributed by atoms with Gasteiger partial charge in [0.25, 0.3) is 5.91 Å². The van der Waals surface area contributed by atoms with E-state index in [2.05, 4.69) is 5.32 Å². The summed E-state index contributed by atoms with van der Waals surface area (Å²) in [4.78, 5) is 14.9. The smallest absolute Gasteiger partial charge is 0.253 e. The van der Waals surface area contributed by atoms with E-state index in [0.29, 0.717) is 24.7 Å². The molecule has 3 rings (SSSR count). The molecule has 2 aliphatic heterocycles. The second-order valence-electron chi connectivity index (χ2n) is 7.37. The molecule has 0 radical (unpaired) electrons. The van der Waals surface area contributed by atoms with Crippen LogP contribution in [0, 0.1) is 0 Å². The second-order valence-corrected chi connectivity index (χ2v) is 9.26. The lowest BCUT2D eigenvalue weighted by molar-refractivity contribution is 0.0698. The Morgan fingerprint density at radius 2 is 1.96 bits per heavy atom. The fourth-order valence-corrected chi connectivity index (χ4v) is 5.68. The van der Waals surface area contributed by atoms with Crippen LogP contribution in [-0.4, -0.2) is 62.3 Å². The van der Waals surface area contributed by atoms with Gasteiger partial charge in [0.05, 0.1) is 4.90 Å². The average molecular weight is 380 g/mol. The van der Waals surface area contributed by atoms with Crippen molar-refractivity contribution in [1.29, 1.82) is 0 Å². The number of likely N-dealkylation sites (tertiary alicyclic amines) is 1. The Labute approximate surface area is 156 Å². The number of nitrogens with zero attached hydrogens (tertiary/aromatic N) is 2. The quantitative estimate of drug-likeness (QED) is 0.870. The van der Waals surface area contributed by atoms with Crippen molar-refractivity contribution >= 4 is 15.9 Å². The molecule has 0 saturated carbocycles. The van der Waals surface area contributed by atoms with Crippen molar-refractivity contribution in [3.8, 4) is 0 Å². The largest absolute Gasteiger partial charge is 0.337 e. The summed E-state index contributed by atoms with van der Waals surface area (Å²) in [6.07, 6.45) is 4.85. The van der Waals surface area contributed by atoms with Gasteiger partial charge in [-0.05, 0) is 57.9 Å². The molecule has 1 aromatic carbocycles. The molecule has 0 aromatic heterocycles. The van der Waals surface area contributed by atoms with Gasteiger partial charge in [-0.1, -0.05) is 12.5 Å². The molecule has 1 amide bonds. The minimum atomic E-state index is -3.56. The van der Waals surface area contributed by atoms with Crippen molar-refractivity contribution in [3.05, 3.63) is 29.8 Å². The van der Waals surface area contributed by atoms with Gasteiger partial charge in [0.15, 0.2) is 0 Å². The van der Waals surface area contributed by atoms with Gasteiger partial charge in [0.2, 0.25) is 10.0 Å². The third-order valence-electron chi connectivity index (χ3n) is 5.55. The van der Waals surface area contributed by atoms with Crippen LogP contribution in [0.1, 0.15) is 49.4 Å². The Kier molecular flexibility index (Phi) is 5.99. The van der Waals surface area contributed by atoms with Crippen LogP contribution in [0.3, 0.4) is 0 Å². The molecule has 2 unspecified atom stereocenters. The number of likely N-dealkylation sites (N-methyl/N-ethyl adjacent to an activating group) is 1. The fraction of sp³-hybridized carbons (Fsp3) is 0.632. The number of carbonyl (C=O) groups excluding carboxylic acids is 1. The van der Waals surface area contributed by atoms with Gasteiger partial charge in [-0.2, -0.15) is 4.31 Å². The highest BCUT2D eigenvalue weighted by molar-refractivity contribution is 7.89. The van der Waals surface area contributed by atoms with E-state index in [-0.39, 0.29) is 16.8 Å². The molecule has 6 nitrogen and oxygen atoms in total. The number of piperidine rings is 2. The van der Waals surface area contributed by atoms with Crippen LogP contribution in [0.25, 0.3) is 0 Å². The molecule has 2 fully saturated rings. The Morgan fingerprint density at radius 1 is 1.15 bits per heavy atom. The van der Waals surface area contributed by atoms with E-state index in [9.17, 15) is 13.2 Å². The van der Waals surface area contributed by atoms with Crippen molar-refractivity contribution in [2.45, 2.75) is 56.0 Å². The molecule has 7 heteroatoms. The summed E-state index contributed by atoms with van der Waals surface area (Å²) in [6, 6.07) is 6.83. The minimum Gasteiger partial charge on any atom is -0.337 e. The molecule has 2 saturated heterocycles. The highest BCUT2D eigenvalue weighted by Gasteiger charge is 2.32. The first-order valence-corrected chi connectivity index (χ1v) is 11.0. The third kappa shape index (κ3) is 3.94. The van der Waals surface area contributed by atoms with Gasteiger partial charge in [-0.25, -0.2) is 8.42 Å². The molecular weight excluding hydrogens is 350 g/mol. The molecule has 26 heavy (non-hydrogen) atoms. The molecule has 1 N–H and O–H groups in total. The number of amides is 1. The molecule has 2 aliphatic rings. The van der Waals surface area contributed by atoms with Crippen molar-refractivity contribution in [2.24, 2.45) is 0 Å². The van der Waals surface area contributed by atoms with Gasteiger partial charge in [0.1, 0.15) is 0 Å². The van der Waals surface area contributed by atoms with Crippen LogP contribution in [0.15, 0.2) is 29.2 Å². The van der Waals surface area contributed by atoms with Crippen LogP contribution in [0.4, 0.5) is 0 Å². The molecule has 0 aliphatic carbocycles. The normalized spacial score (nSPS) is 25.2. The maximum Gasteiger partial charge on any atom is 0.253 e. The summed E-state index contributed by atoms with van der Waals surface area (Å²) >= 11 is 0. The molecule has 0 bridgehead atoms. The molecular formula is C19H29N3O3S. The van der Waals surface area contributed by atoms with Gasteiger partial charge in [0, 0.05) is 37.3 Å². The molecule has 144 valence electrons. The summed E-state index contributed by atoms with van der Waals surface area (Å²) in [5.41, 5.74) is 0.451. The maximum absolute atomic E-state index is 13.0. The zero-order valence-corrected chi connectivity index (χ0v) is 16.5. The van der Waals surface area contributed by atoms with E-state index in [4.69, 9.17) is 0 Å². The molecule has 1 aromatic rings. The summed E-state index contributed by atoms with van der Waals surface area (Å²) in [7, 11) is -1.65. The predicted molar refractivity (Wildman–Crippen MR) is 102 cm³/mol. The van der Waals surface area contributed by atoms with Crippen LogP contribution in [-0.2, 0) is 10.0 Å². The van der Waals surface area contributed by atoms with Crippen molar-refractivity contribution in [1.82, 2.24) is 14.5 Å². The van der Waals surface area contributed by atoms with Gasteiger partial charge < -0.3 is 10.2 Å². The van der Waals surface area contributed by atoms with E-state index >= 15 is 0 Å². The van der Waals surface area contributed by atoms with E-state index in [1.54, 1.807) is 28.6 Å². The molecule has 0 spiro atoms. The lowest BCUT2D eigenvalue weighted by Crippen LogP contribution is -2.47. The highest BCUT2D eigenvalue weighted by Crippen LogP contribution is 2.26. The zero-order valence-electron chi connectivity index (χ0n) is 15.6. The number of hydrogen-bond donors (Lipinski definition) is 1. The summed E-state index contributed by atoms with van der Waals surface area (Å²) in [5, 5.41) is 3.23. The molecule has 2 atom stereocenters. The lowest BCUT2D eigenvalue weighted by atomic mass is 10.0. The van der Waals surface area contributed by atoms with Crippen molar-refractivity contribution in [3.63, 3.8) is 0 Å². The zero-order chi connectivity index (χ0) is 18.7. The Balaban J connectivity index is 1.82. The van der Waals surface area contributed by atoms with E-state index in [1.807, 2.05) is 18.9 Å². The monoisotopic (exact) mass is 379 g/mol. The highest BCUT2D eigenvalue weighted by atomic mass is 32.2. The van der Waals surface area contributed by atoms with Crippen molar-refractivity contribution in [2.75, 3.05) is 26.7 Å². The number of benzene rings is 1. The topological polar surface area (TPSA) is 69.7 Å². The minimum absolute atomic E-state index is 0.00610. The summed E-state index contributed by atoms with van der Waals surface area (Å²) in [6.45, 7) is 3.89. The van der Waals surface area contributed by atoms with Gasteiger partial charge >= 0.3 is 0 Å². The SMILES string of the molecule is CNC1CCCN(C(=O)c2cccc(S(=O)(=O)N3CCCCC3C)c2)C1. The van der Waals surface area contributed by atoms with Crippen LogP contribution in [0.5, 0.6) is 0 Å². The van der Waals surface area contributed by atoms with Crippen LogP contribution >= 0.6 is 0 Å². The van der Waals surface area contributed by atoms with Gasteiger partial charge in [-0.3, -0.25) is 4.79 Å². The van der Waals surface area contributed by atoms with Crippen LogP contribution in [0.2, 0.25) is 0 Å². The molecule has 2 heterocycles. The first-order chi connectivity index (χ1) is 12.4. The number of nitrogens with one attached hydrogen (secondary N) is 1. The van der Waals surface area contributed by atoms with Crippen LogP contribution < -0.4 is 5.32 Å². The number of hydrogen-bond acceptors (Lipinski definition) is 4. The number of rotatable bonds is 4. The Hall–Kier alpha value is -1.44. The van der Waals surface area contributed by atoms with E-state index in [1.165, 1.54) is 0 Å². The van der Waals surface area contributed by atoms with E-state index in [0.717, 1.165) is 38.6 Å². The maximum atomic E-state index is 13.0. The third-order valence-corrected chi connectivity index (χ3v) is 7.56. The van der Waals surface area contributed by atoms with Gasteiger partial charge in [-0.15, -0.1) is 0 Å². The summed E-state index contributed by atoms with van der Waals surface area (Å²) in [5.74, 6) is -0.0892. The van der Waals surface area contributed by atoms with Crippen molar-refractivity contribution < 1.29 is 13.2 Å². The lowest BCUT2D eigenvalue weighted by Gasteiger charge is -2.33. The summed E-state index contributed by atoms with van der Waals surface area (Å²) < 4.78 is 27.7. The van der Waals surface area contributed by atoms with E-state index < -0.39 is 10.0 Å². The Morgan fingerprint density at radius 3 is 2.69 bits per heavy atom. The first-order valence-electron chi connectivity index (χ1n) is 9.52. The average Bonchev–Trinajstić information content (AvgIpc) is 2.67. The number of carbonyl (C=O) groups is 1. The second kappa shape index (κ2) is 8.06. The Bertz CT molecular complexity index is 750.